The number of piperidine rings is 1. The number of rotatable bonds is 4. The lowest BCUT2D eigenvalue weighted by molar-refractivity contribution is -0.146. The molecule has 1 aromatic carbocycles. The highest BCUT2D eigenvalue weighted by Crippen LogP contribution is 2.37. The lowest BCUT2D eigenvalue weighted by Crippen LogP contribution is -2.49. The molecule has 118 valence electrons. The minimum absolute atomic E-state index is 0.0296. The van der Waals surface area contributed by atoms with Crippen LogP contribution in [0.4, 0.5) is 0 Å². The van der Waals surface area contributed by atoms with Gasteiger partial charge in [-0.3, -0.25) is 9.59 Å². The Morgan fingerprint density at radius 2 is 2.00 bits per heavy atom. The molecule has 1 aromatic rings. The van der Waals surface area contributed by atoms with Crippen molar-refractivity contribution in [2.75, 3.05) is 14.2 Å². The van der Waals surface area contributed by atoms with Gasteiger partial charge < -0.3 is 14.4 Å². The zero-order valence-corrected chi connectivity index (χ0v) is 13.0. The quantitative estimate of drug-likeness (QED) is 0.800. The van der Waals surface area contributed by atoms with Crippen LogP contribution in [0.15, 0.2) is 18.2 Å². The Kier molecular flexibility index (Phi) is 4.05. The topological polar surface area (TPSA) is 55.8 Å². The summed E-state index contributed by atoms with van der Waals surface area (Å²) >= 11 is 0. The SMILES string of the molecule is COc1ccc(CN2C(=O)CC(=O)C3CCCC32)c(OC)c1. The second kappa shape index (κ2) is 5.99. The van der Waals surface area contributed by atoms with Crippen LogP contribution >= 0.6 is 0 Å². The first-order chi connectivity index (χ1) is 10.6. The van der Waals surface area contributed by atoms with Gasteiger partial charge in [0.15, 0.2) is 0 Å². The zero-order valence-electron chi connectivity index (χ0n) is 13.0. The van der Waals surface area contributed by atoms with E-state index in [1.165, 1.54) is 0 Å². The highest BCUT2D eigenvalue weighted by atomic mass is 16.5. The first kappa shape index (κ1) is 14.9. The van der Waals surface area contributed by atoms with Crippen LogP contribution in [-0.2, 0) is 16.1 Å². The predicted octanol–water partition coefficient (Wildman–Crippen LogP) is 2.17. The number of methoxy groups -OCH3 is 2. The standard InChI is InChI=1S/C17H21NO4/c1-21-12-7-6-11(16(8-12)22-2)10-18-14-5-3-4-13(14)15(19)9-17(18)20/h6-8,13-14H,3-5,9-10H2,1-2H3. The molecule has 1 aliphatic carbocycles. The number of carbonyl (C=O) groups is 2. The molecular formula is C17H21NO4. The average Bonchev–Trinajstić information content (AvgIpc) is 3.01. The molecule has 5 nitrogen and oxygen atoms in total. The van der Waals surface area contributed by atoms with Gasteiger partial charge in [-0.2, -0.15) is 0 Å². The monoisotopic (exact) mass is 303 g/mol. The molecule has 22 heavy (non-hydrogen) atoms. The van der Waals surface area contributed by atoms with Gasteiger partial charge in [-0.15, -0.1) is 0 Å². The number of fused-ring (bicyclic) bond motifs is 1. The molecular weight excluding hydrogens is 282 g/mol. The zero-order chi connectivity index (χ0) is 15.7. The fourth-order valence-corrected chi connectivity index (χ4v) is 3.63. The van der Waals surface area contributed by atoms with Gasteiger partial charge >= 0.3 is 0 Å². The lowest BCUT2D eigenvalue weighted by Gasteiger charge is -2.37. The summed E-state index contributed by atoms with van der Waals surface area (Å²) in [7, 11) is 3.22. The van der Waals surface area contributed by atoms with Crippen LogP contribution in [0.2, 0.25) is 0 Å². The van der Waals surface area contributed by atoms with Crippen molar-refractivity contribution in [1.29, 1.82) is 0 Å². The molecule has 0 N–H and O–H groups in total. The Bertz CT molecular complexity index is 598. The van der Waals surface area contributed by atoms with Crippen LogP contribution in [-0.4, -0.2) is 36.9 Å². The van der Waals surface area contributed by atoms with E-state index < -0.39 is 0 Å². The summed E-state index contributed by atoms with van der Waals surface area (Å²) in [4.78, 5) is 26.2. The highest BCUT2D eigenvalue weighted by Gasteiger charge is 2.43. The van der Waals surface area contributed by atoms with Crippen molar-refractivity contribution in [3.05, 3.63) is 23.8 Å². The Hall–Kier alpha value is -2.04. The van der Waals surface area contributed by atoms with Crippen molar-refractivity contribution in [2.24, 2.45) is 5.92 Å². The normalized spacial score (nSPS) is 24.4. The molecule has 1 amide bonds. The van der Waals surface area contributed by atoms with Gasteiger partial charge in [0, 0.05) is 30.1 Å². The minimum atomic E-state index is -0.0639. The minimum Gasteiger partial charge on any atom is -0.497 e. The number of hydrogen-bond donors (Lipinski definition) is 0. The molecule has 3 rings (SSSR count). The third-order valence-electron chi connectivity index (χ3n) is 4.77. The molecule has 2 unspecified atom stereocenters. The fraction of sp³-hybridized carbons (Fsp3) is 0.529. The smallest absolute Gasteiger partial charge is 0.230 e. The summed E-state index contributed by atoms with van der Waals surface area (Å²) in [5, 5.41) is 0. The van der Waals surface area contributed by atoms with E-state index in [2.05, 4.69) is 0 Å². The summed E-state index contributed by atoms with van der Waals surface area (Å²) in [6, 6.07) is 5.66. The van der Waals surface area contributed by atoms with Gasteiger partial charge in [-0.05, 0) is 25.0 Å². The largest absolute Gasteiger partial charge is 0.497 e. The summed E-state index contributed by atoms with van der Waals surface area (Å²) in [6.07, 6.45) is 2.89. The molecule has 1 heterocycles. The number of ether oxygens (including phenoxy) is 2. The number of Topliss-reactive ketones (excluding diaryl/α,β-unsaturated/α-hetero) is 1. The van der Waals surface area contributed by atoms with Crippen LogP contribution < -0.4 is 9.47 Å². The van der Waals surface area contributed by atoms with E-state index in [1.807, 2.05) is 23.1 Å². The van der Waals surface area contributed by atoms with E-state index in [-0.39, 0.29) is 30.1 Å². The number of likely N-dealkylation sites (tertiary alicyclic amines) is 1. The average molecular weight is 303 g/mol. The molecule has 2 aliphatic rings. The predicted molar refractivity (Wildman–Crippen MR) is 80.8 cm³/mol. The third kappa shape index (κ3) is 2.56. The van der Waals surface area contributed by atoms with E-state index >= 15 is 0 Å². The van der Waals surface area contributed by atoms with Gasteiger partial charge in [0.05, 0.1) is 20.6 Å². The summed E-state index contributed by atoms with van der Waals surface area (Å²) in [5.74, 6) is 1.51. The van der Waals surface area contributed by atoms with Gasteiger partial charge in [0.1, 0.15) is 17.3 Å². The lowest BCUT2D eigenvalue weighted by atomic mass is 9.89. The van der Waals surface area contributed by atoms with Gasteiger partial charge in [-0.25, -0.2) is 0 Å². The molecule has 1 saturated heterocycles. The van der Waals surface area contributed by atoms with E-state index in [9.17, 15) is 9.59 Å². The van der Waals surface area contributed by atoms with Crippen molar-refractivity contribution in [2.45, 2.75) is 38.3 Å². The molecule has 1 saturated carbocycles. The Balaban J connectivity index is 1.85. The number of nitrogens with zero attached hydrogens (tertiary/aromatic N) is 1. The highest BCUT2D eigenvalue weighted by molar-refractivity contribution is 6.02. The third-order valence-corrected chi connectivity index (χ3v) is 4.77. The number of benzene rings is 1. The molecule has 1 aliphatic heterocycles. The van der Waals surface area contributed by atoms with E-state index in [0.29, 0.717) is 12.3 Å². The molecule has 0 aromatic heterocycles. The molecule has 0 radical (unpaired) electrons. The van der Waals surface area contributed by atoms with Crippen molar-refractivity contribution in [3.8, 4) is 11.5 Å². The Morgan fingerprint density at radius 1 is 1.18 bits per heavy atom. The van der Waals surface area contributed by atoms with E-state index in [0.717, 1.165) is 30.6 Å². The van der Waals surface area contributed by atoms with Crippen molar-refractivity contribution in [1.82, 2.24) is 4.90 Å². The number of amides is 1. The van der Waals surface area contributed by atoms with Crippen LogP contribution in [0.3, 0.4) is 0 Å². The summed E-state index contributed by atoms with van der Waals surface area (Å²) < 4.78 is 10.6. The fourth-order valence-electron chi connectivity index (χ4n) is 3.63. The molecule has 0 bridgehead atoms. The van der Waals surface area contributed by atoms with Gasteiger partial charge in [0.25, 0.3) is 0 Å². The molecule has 0 spiro atoms. The Labute approximate surface area is 130 Å². The van der Waals surface area contributed by atoms with E-state index in [4.69, 9.17) is 9.47 Å². The van der Waals surface area contributed by atoms with Crippen LogP contribution in [0.25, 0.3) is 0 Å². The van der Waals surface area contributed by atoms with Crippen molar-refractivity contribution < 1.29 is 19.1 Å². The second-order valence-electron chi connectivity index (χ2n) is 5.95. The first-order valence-electron chi connectivity index (χ1n) is 7.67. The molecule has 2 atom stereocenters. The van der Waals surface area contributed by atoms with Gasteiger partial charge in [-0.1, -0.05) is 6.42 Å². The van der Waals surface area contributed by atoms with Crippen LogP contribution in [0.1, 0.15) is 31.2 Å². The maximum absolute atomic E-state index is 12.3. The summed E-state index contributed by atoms with van der Waals surface area (Å²) in [5.41, 5.74) is 0.941. The van der Waals surface area contributed by atoms with Crippen LogP contribution in [0, 0.1) is 5.92 Å². The number of carbonyl (C=O) groups excluding carboxylic acids is 2. The Morgan fingerprint density at radius 3 is 2.73 bits per heavy atom. The molecule has 2 fully saturated rings. The number of hydrogen-bond acceptors (Lipinski definition) is 4. The van der Waals surface area contributed by atoms with Gasteiger partial charge in [0.2, 0.25) is 5.91 Å². The second-order valence-corrected chi connectivity index (χ2v) is 5.95. The summed E-state index contributed by atoms with van der Waals surface area (Å²) in [6.45, 7) is 0.487. The maximum Gasteiger partial charge on any atom is 0.230 e. The maximum atomic E-state index is 12.3. The molecule has 5 heteroatoms. The van der Waals surface area contributed by atoms with Crippen LogP contribution in [0.5, 0.6) is 11.5 Å². The van der Waals surface area contributed by atoms with E-state index in [1.54, 1.807) is 14.2 Å². The van der Waals surface area contributed by atoms with Crippen molar-refractivity contribution in [3.63, 3.8) is 0 Å². The first-order valence-corrected chi connectivity index (χ1v) is 7.67. The van der Waals surface area contributed by atoms with Crippen molar-refractivity contribution >= 4 is 11.7 Å². The number of ketones is 1.